The van der Waals surface area contributed by atoms with Gasteiger partial charge in [-0.15, -0.1) is 0 Å². The Balaban J connectivity index is 2.05. The van der Waals surface area contributed by atoms with Crippen LogP contribution in [0.3, 0.4) is 0 Å². The Bertz CT molecular complexity index is 1400. The third-order valence-electron chi connectivity index (χ3n) is 5.09. The van der Waals surface area contributed by atoms with E-state index in [1.807, 2.05) is 0 Å². The smallest absolute Gasteiger partial charge is 0.416 e. The molecule has 0 saturated carbocycles. The summed E-state index contributed by atoms with van der Waals surface area (Å²) in [6, 6.07) is 13.5. The molecule has 0 spiro atoms. The molecule has 3 aromatic carbocycles. The van der Waals surface area contributed by atoms with Gasteiger partial charge in [-0.25, -0.2) is 13.2 Å². The minimum Gasteiger partial charge on any atom is -0.465 e. The third kappa shape index (κ3) is 5.97. The molecule has 0 atom stereocenters. The third-order valence-corrected chi connectivity index (χ3v) is 7.19. The van der Waals surface area contributed by atoms with Crippen LogP contribution in [0.25, 0.3) is 0 Å². The number of benzene rings is 3. The summed E-state index contributed by atoms with van der Waals surface area (Å²) in [5.74, 6) is -1.54. The molecule has 0 saturated heterocycles. The van der Waals surface area contributed by atoms with E-state index in [1.54, 1.807) is 19.1 Å². The molecule has 190 valence electrons. The Kier molecular flexibility index (Phi) is 7.95. The minimum atomic E-state index is -4.78. The van der Waals surface area contributed by atoms with E-state index in [-0.39, 0.29) is 21.2 Å². The number of ether oxygens (including phenoxy) is 1. The standard InChI is InChI=1S/C24H20ClF3N2O5S/c1-15-8-9-16(23(32)35-2)12-20(15)29-22(31)14-30(36(33,34)18-6-4-3-5-7-18)21-13-17(24(26,27)28)10-11-19(21)25/h3-13H,14H2,1-2H3,(H,29,31). The van der Waals surface area contributed by atoms with E-state index >= 15 is 0 Å². The number of esters is 1. The zero-order chi connectivity index (χ0) is 26.7. The van der Waals surface area contributed by atoms with Gasteiger partial charge in [0.2, 0.25) is 5.91 Å². The lowest BCUT2D eigenvalue weighted by Crippen LogP contribution is -2.38. The normalized spacial score (nSPS) is 11.6. The van der Waals surface area contributed by atoms with Crippen molar-refractivity contribution in [3.05, 3.63) is 88.4 Å². The molecule has 3 aromatic rings. The van der Waals surface area contributed by atoms with Gasteiger partial charge in [0.15, 0.2) is 0 Å². The Morgan fingerprint density at radius 2 is 1.69 bits per heavy atom. The summed E-state index contributed by atoms with van der Waals surface area (Å²) in [7, 11) is -3.33. The van der Waals surface area contributed by atoms with Crippen LogP contribution >= 0.6 is 11.6 Å². The number of amides is 1. The van der Waals surface area contributed by atoms with Gasteiger partial charge in [-0.1, -0.05) is 35.9 Å². The first-order chi connectivity index (χ1) is 16.8. The van der Waals surface area contributed by atoms with Crippen molar-refractivity contribution in [3.8, 4) is 0 Å². The summed E-state index contributed by atoms with van der Waals surface area (Å²) in [6.07, 6.45) is -4.78. The first-order valence-corrected chi connectivity index (χ1v) is 12.1. The maximum Gasteiger partial charge on any atom is 0.416 e. The van der Waals surface area contributed by atoms with Crippen LogP contribution in [0.5, 0.6) is 0 Å². The summed E-state index contributed by atoms with van der Waals surface area (Å²) in [5, 5.41) is 2.19. The molecule has 7 nitrogen and oxygen atoms in total. The molecule has 0 aliphatic heterocycles. The molecule has 0 heterocycles. The summed E-state index contributed by atoms with van der Waals surface area (Å²) < 4.78 is 72.2. The number of hydrogen-bond acceptors (Lipinski definition) is 5. The van der Waals surface area contributed by atoms with Gasteiger partial charge in [0.25, 0.3) is 10.0 Å². The molecule has 0 aliphatic carbocycles. The molecule has 0 radical (unpaired) electrons. The van der Waals surface area contributed by atoms with E-state index in [1.165, 1.54) is 43.5 Å². The van der Waals surface area contributed by atoms with Gasteiger partial charge in [-0.05, 0) is 55.0 Å². The van der Waals surface area contributed by atoms with Gasteiger partial charge in [0.05, 0.1) is 33.8 Å². The predicted molar refractivity (Wildman–Crippen MR) is 129 cm³/mol. The quantitative estimate of drug-likeness (QED) is 0.411. The molecule has 1 amide bonds. The number of carbonyl (C=O) groups is 2. The number of anilines is 2. The van der Waals surface area contributed by atoms with E-state index in [9.17, 15) is 31.2 Å². The summed E-state index contributed by atoms with van der Waals surface area (Å²) in [5.41, 5.74) is -0.795. The van der Waals surface area contributed by atoms with E-state index in [0.29, 0.717) is 22.0 Å². The maximum absolute atomic E-state index is 13.4. The van der Waals surface area contributed by atoms with Crippen molar-refractivity contribution >= 4 is 44.9 Å². The first kappa shape index (κ1) is 27.0. The highest BCUT2D eigenvalue weighted by molar-refractivity contribution is 7.92. The van der Waals surface area contributed by atoms with Gasteiger partial charge in [0, 0.05) is 5.69 Å². The minimum absolute atomic E-state index is 0.132. The van der Waals surface area contributed by atoms with Crippen LogP contribution in [0.2, 0.25) is 5.02 Å². The van der Waals surface area contributed by atoms with Crippen LogP contribution in [-0.4, -0.2) is 33.9 Å². The van der Waals surface area contributed by atoms with Gasteiger partial charge in [-0.3, -0.25) is 9.10 Å². The highest BCUT2D eigenvalue weighted by Gasteiger charge is 2.34. The molecule has 12 heteroatoms. The molecule has 0 bridgehead atoms. The molecule has 3 rings (SSSR count). The number of nitrogens with zero attached hydrogens (tertiary/aromatic N) is 1. The number of sulfonamides is 1. The Hall–Kier alpha value is -3.57. The number of nitrogens with one attached hydrogen (secondary N) is 1. The Morgan fingerprint density at radius 1 is 1.03 bits per heavy atom. The number of halogens is 4. The number of rotatable bonds is 7. The average Bonchev–Trinajstić information content (AvgIpc) is 2.83. The van der Waals surface area contributed by atoms with Gasteiger partial charge >= 0.3 is 12.1 Å². The van der Waals surface area contributed by atoms with Crippen molar-refractivity contribution in [1.82, 2.24) is 0 Å². The summed E-state index contributed by atoms with van der Waals surface area (Å²) in [6.45, 7) is 0.735. The topological polar surface area (TPSA) is 92.8 Å². The van der Waals surface area contributed by atoms with Crippen LogP contribution in [0.1, 0.15) is 21.5 Å². The fourth-order valence-corrected chi connectivity index (χ4v) is 4.94. The van der Waals surface area contributed by atoms with Crippen LogP contribution in [-0.2, 0) is 25.7 Å². The fourth-order valence-electron chi connectivity index (χ4n) is 3.22. The highest BCUT2D eigenvalue weighted by atomic mass is 35.5. The van der Waals surface area contributed by atoms with E-state index in [0.717, 1.165) is 6.07 Å². The van der Waals surface area contributed by atoms with Crippen molar-refractivity contribution in [1.29, 1.82) is 0 Å². The second-order valence-electron chi connectivity index (χ2n) is 7.56. The van der Waals surface area contributed by atoms with Crippen molar-refractivity contribution in [3.63, 3.8) is 0 Å². The molecule has 1 N–H and O–H groups in total. The maximum atomic E-state index is 13.4. The molecular weight excluding hydrogens is 521 g/mol. The monoisotopic (exact) mass is 540 g/mol. The van der Waals surface area contributed by atoms with Crippen LogP contribution in [0.4, 0.5) is 24.5 Å². The van der Waals surface area contributed by atoms with Gasteiger partial charge in [0.1, 0.15) is 6.54 Å². The Labute approximate surface area is 210 Å². The van der Waals surface area contributed by atoms with E-state index < -0.39 is 45.9 Å². The van der Waals surface area contributed by atoms with Crippen molar-refractivity contribution < 1.29 is 35.9 Å². The second kappa shape index (κ2) is 10.6. The van der Waals surface area contributed by atoms with Crippen molar-refractivity contribution in [2.24, 2.45) is 0 Å². The lowest BCUT2D eigenvalue weighted by molar-refractivity contribution is -0.137. The van der Waals surface area contributed by atoms with Crippen LogP contribution in [0.15, 0.2) is 71.6 Å². The van der Waals surface area contributed by atoms with Crippen LogP contribution < -0.4 is 9.62 Å². The molecular formula is C24H20ClF3N2O5S. The molecule has 36 heavy (non-hydrogen) atoms. The largest absolute Gasteiger partial charge is 0.465 e. The second-order valence-corrected chi connectivity index (χ2v) is 9.83. The zero-order valence-corrected chi connectivity index (χ0v) is 20.5. The highest BCUT2D eigenvalue weighted by Crippen LogP contribution is 2.37. The summed E-state index contributed by atoms with van der Waals surface area (Å²) >= 11 is 6.12. The molecule has 0 unspecified atom stereocenters. The summed E-state index contributed by atoms with van der Waals surface area (Å²) in [4.78, 5) is 24.6. The molecule has 0 fully saturated rings. The molecule has 0 aliphatic rings. The number of methoxy groups -OCH3 is 1. The lowest BCUT2D eigenvalue weighted by Gasteiger charge is -2.26. The number of alkyl halides is 3. The van der Waals surface area contributed by atoms with E-state index in [2.05, 4.69) is 10.1 Å². The zero-order valence-electron chi connectivity index (χ0n) is 19.0. The number of carbonyl (C=O) groups excluding carboxylic acids is 2. The fraction of sp³-hybridized carbons (Fsp3) is 0.167. The average molecular weight is 541 g/mol. The van der Waals surface area contributed by atoms with Crippen molar-refractivity contribution in [2.75, 3.05) is 23.3 Å². The first-order valence-electron chi connectivity index (χ1n) is 10.3. The van der Waals surface area contributed by atoms with Crippen LogP contribution in [0, 0.1) is 6.92 Å². The number of hydrogen-bond donors (Lipinski definition) is 1. The Morgan fingerprint density at radius 3 is 2.31 bits per heavy atom. The lowest BCUT2D eigenvalue weighted by atomic mass is 10.1. The van der Waals surface area contributed by atoms with Gasteiger partial charge < -0.3 is 10.1 Å². The number of aryl methyl sites for hydroxylation is 1. The SMILES string of the molecule is COC(=O)c1ccc(C)c(NC(=O)CN(c2cc(C(F)(F)F)ccc2Cl)S(=O)(=O)c2ccccc2)c1. The van der Waals surface area contributed by atoms with Gasteiger partial charge in [-0.2, -0.15) is 13.2 Å². The predicted octanol–water partition coefficient (Wildman–Crippen LogP) is 5.29. The van der Waals surface area contributed by atoms with E-state index in [4.69, 9.17) is 11.6 Å². The van der Waals surface area contributed by atoms with Crippen molar-refractivity contribution in [2.45, 2.75) is 18.0 Å². The molecule has 0 aromatic heterocycles.